The Balaban J connectivity index is 1.56. The third-order valence-electron chi connectivity index (χ3n) is 4.59. The summed E-state index contributed by atoms with van der Waals surface area (Å²) in [6.07, 6.45) is 1.01. The number of nitrogens with two attached hydrogens (primary N) is 1. The molecule has 2 aromatic carbocycles. The maximum Gasteiger partial charge on any atom is 0.253 e. The average molecular weight is 306 g/mol. The van der Waals surface area contributed by atoms with E-state index in [1.165, 1.54) is 5.56 Å². The zero-order valence-electron chi connectivity index (χ0n) is 12.7. The van der Waals surface area contributed by atoms with E-state index in [4.69, 9.17) is 5.73 Å². The van der Waals surface area contributed by atoms with Crippen molar-refractivity contribution in [1.29, 1.82) is 0 Å². The van der Waals surface area contributed by atoms with E-state index < -0.39 is 0 Å². The molecule has 4 rings (SSSR count). The molecule has 1 aromatic heterocycles. The molecule has 116 valence electrons. The third kappa shape index (κ3) is 2.44. The van der Waals surface area contributed by atoms with Gasteiger partial charge in [0.2, 0.25) is 0 Å². The van der Waals surface area contributed by atoms with E-state index in [2.05, 4.69) is 34.5 Å². The summed E-state index contributed by atoms with van der Waals surface area (Å²) in [4.78, 5) is 14.7. The Morgan fingerprint density at radius 2 is 2.04 bits per heavy atom. The summed E-state index contributed by atoms with van der Waals surface area (Å²) in [5, 5.41) is 7.63. The number of amides is 1. The van der Waals surface area contributed by atoms with Crippen molar-refractivity contribution in [3.8, 4) is 0 Å². The number of nitrogens with one attached hydrogen (secondary N) is 1. The van der Waals surface area contributed by atoms with Gasteiger partial charge < -0.3 is 10.6 Å². The van der Waals surface area contributed by atoms with Crippen LogP contribution in [-0.2, 0) is 0 Å². The summed E-state index contributed by atoms with van der Waals surface area (Å²) in [7, 11) is 0. The molecule has 1 unspecified atom stereocenters. The van der Waals surface area contributed by atoms with Crippen LogP contribution in [0.5, 0.6) is 0 Å². The van der Waals surface area contributed by atoms with Crippen LogP contribution in [0.1, 0.15) is 28.3 Å². The fourth-order valence-corrected chi connectivity index (χ4v) is 3.29. The van der Waals surface area contributed by atoms with Gasteiger partial charge in [-0.25, -0.2) is 0 Å². The maximum absolute atomic E-state index is 12.8. The molecule has 1 amide bonds. The van der Waals surface area contributed by atoms with Gasteiger partial charge in [-0.3, -0.25) is 9.89 Å². The highest BCUT2D eigenvalue weighted by molar-refractivity contribution is 6.00. The van der Waals surface area contributed by atoms with Crippen LogP contribution in [0.15, 0.2) is 48.5 Å². The summed E-state index contributed by atoms with van der Waals surface area (Å²) < 4.78 is 0. The number of H-pyrrole nitrogens is 1. The van der Waals surface area contributed by atoms with Crippen LogP contribution in [-0.4, -0.2) is 34.1 Å². The Bertz CT molecular complexity index is 856. The van der Waals surface area contributed by atoms with Gasteiger partial charge in [0, 0.05) is 30.0 Å². The van der Waals surface area contributed by atoms with Crippen molar-refractivity contribution < 1.29 is 4.79 Å². The Morgan fingerprint density at radius 3 is 2.87 bits per heavy atom. The van der Waals surface area contributed by atoms with Crippen LogP contribution >= 0.6 is 0 Å². The zero-order valence-corrected chi connectivity index (χ0v) is 12.7. The molecule has 1 atom stereocenters. The van der Waals surface area contributed by atoms with Crippen molar-refractivity contribution in [2.45, 2.75) is 12.3 Å². The molecule has 23 heavy (non-hydrogen) atoms. The summed E-state index contributed by atoms with van der Waals surface area (Å²) in [6, 6.07) is 15.9. The molecule has 1 saturated heterocycles. The van der Waals surface area contributed by atoms with Gasteiger partial charge in [-0.05, 0) is 30.2 Å². The minimum atomic E-state index is 0.0610. The smallest absolute Gasteiger partial charge is 0.253 e. The maximum atomic E-state index is 12.8. The minimum Gasteiger partial charge on any atom is -0.382 e. The van der Waals surface area contributed by atoms with E-state index in [-0.39, 0.29) is 5.91 Å². The van der Waals surface area contributed by atoms with Gasteiger partial charge in [-0.2, -0.15) is 5.10 Å². The van der Waals surface area contributed by atoms with E-state index in [0.717, 1.165) is 30.4 Å². The first-order valence-electron chi connectivity index (χ1n) is 7.80. The first-order valence-corrected chi connectivity index (χ1v) is 7.80. The predicted molar refractivity (Wildman–Crippen MR) is 90.2 cm³/mol. The van der Waals surface area contributed by atoms with Crippen molar-refractivity contribution >= 4 is 22.6 Å². The first kappa shape index (κ1) is 13.8. The summed E-state index contributed by atoms with van der Waals surface area (Å²) in [6.45, 7) is 1.55. The molecule has 1 aliphatic heterocycles. The number of fused-ring (bicyclic) bond motifs is 1. The van der Waals surface area contributed by atoms with Gasteiger partial charge in [-0.15, -0.1) is 0 Å². The van der Waals surface area contributed by atoms with Crippen molar-refractivity contribution in [2.24, 2.45) is 0 Å². The van der Waals surface area contributed by atoms with Gasteiger partial charge in [-0.1, -0.05) is 30.3 Å². The fraction of sp³-hybridized carbons (Fsp3) is 0.222. The second kappa shape index (κ2) is 5.43. The van der Waals surface area contributed by atoms with Crippen molar-refractivity contribution in [3.63, 3.8) is 0 Å². The molecular weight excluding hydrogens is 288 g/mol. The molecule has 0 saturated carbocycles. The van der Waals surface area contributed by atoms with Crippen molar-refractivity contribution in [2.75, 3.05) is 18.8 Å². The van der Waals surface area contributed by atoms with Gasteiger partial charge in [0.15, 0.2) is 5.82 Å². The molecule has 1 aliphatic rings. The van der Waals surface area contributed by atoms with Crippen LogP contribution in [0.3, 0.4) is 0 Å². The Kier molecular flexibility index (Phi) is 3.26. The average Bonchev–Trinajstić information content (AvgIpc) is 3.22. The summed E-state index contributed by atoms with van der Waals surface area (Å²) >= 11 is 0. The lowest BCUT2D eigenvalue weighted by Crippen LogP contribution is -2.28. The highest BCUT2D eigenvalue weighted by atomic mass is 16.2. The molecule has 3 N–H and O–H groups in total. The second-order valence-electron chi connectivity index (χ2n) is 6.02. The highest BCUT2D eigenvalue weighted by Gasteiger charge is 2.28. The number of hydrogen-bond donors (Lipinski definition) is 2. The standard InChI is InChI=1S/C18H18N4O/c19-17-15-10-13(6-7-16(15)20-21-17)18(23)22-9-8-14(11-22)12-4-2-1-3-5-12/h1-7,10,14H,8-9,11H2,(H3,19,20,21). The molecular formula is C18H18N4O. The normalized spacial score (nSPS) is 17.7. The number of hydrogen-bond acceptors (Lipinski definition) is 3. The monoisotopic (exact) mass is 306 g/mol. The SMILES string of the molecule is Nc1n[nH]c2ccc(C(=O)N3CCC(c4ccccc4)C3)cc12. The third-order valence-corrected chi connectivity index (χ3v) is 4.59. The Hall–Kier alpha value is -2.82. The molecule has 0 radical (unpaired) electrons. The van der Waals surface area contributed by atoms with Gasteiger partial charge in [0.25, 0.3) is 5.91 Å². The van der Waals surface area contributed by atoms with E-state index in [0.29, 0.717) is 17.3 Å². The topological polar surface area (TPSA) is 75.0 Å². The number of nitrogen functional groups attached to an aromatic ring is 1. The number of rotatable bonds is 2. The van der Waals surface area contributed by atoms with Gasteiger partial charge in [0.05, 0.1) is 5.52 Å². The first-order chi connectivity index (χ1) is 11.2. The van der Waals surface area contributed by atoms with Crippen LogP contribution < -0.4 is 5.73 Å². The molecule has 1 fully saturated rings. The zero-order chi connectivity index (χ0) is 15.8. The van der Waals surface area contributed by atoms with Crippen molar-refractivity contribution in [3.05, 3.63) is 59.7 Å². The quantitative estimate of drug-likeness (QED) is 0.764. The second-order valence-corrected chi connectivity index (χ2v) is 6.02. The summed E-state index contributed by atoms with van der Waals surface area (Å²) in [5.41, 5.74) is 8.65. The fourth-order valence-electron chi connectivity index (χ4n) is 3.29. The van der Waals surface area contributed by atoms with Gasteiger partial charge >= 0.3 is 0 Å². The van der Waals surface area contributed by atoms with Crippen LogP contribution in [0.2, 0.25) is 0 Å². The largest absolute Gasteiger partial charge is 0.382 e. The Labute approximate surface area is 134 Å². The lowest BCUT2D eigenvalue weighted by molar-refractivity contribution is 0.0791. The molecule has 0 spiro atoms. The molecule has 5 nitrogen and oxygen atoms in total. The Morgan fingerprint density at radius 1 is 1.22 bits per heavy atom. The highest BCUT2D eigenvalue weighted by Crippen LogP contribution is 2.28. The minimum absolute atomic E-state index is 0.0610. The lowest BCUT2D eigenvalue weighted by atomic mass is 9.99. The van der Waals surface area contributed by atoms with E-state index >= 15 is 0 Å². The van der Waals surface area contributed by atoms with Crippen LogP contribution in [0, 0.1) is 0 Å². The molecule has 0 bridgehead atoms. The number of benzene rings is 2. The number of carbonyl (C=O) groups is 1. The number of aromatic amines is 1. The number of aromatic nitrogens is 2. The van der Waals surface area contributed by atoms with E-state index in [9.17, 15) is 4.79 Å². The molecule has 0 aliphatic carbocycles. The predicted octanol–water partition coefficient (Wildman–Crippen LogP) is 2.77. The molecule has 2 heterocycles. The van der Waals surface area contributed by atoms with E-state index in [1.807, 2.05) is 29.2 Å². The molecule has 5 heteroatoms. The number of anilines is 1. The number of likely N-dealkylation sites (tertiary alicyclic amines) is 1. The summed E-state index contributed by atoms with van der Waals surface area (Å²) in [5.74, 6) is 0.909. The lowest BCUT2D eigenvalue weighted by Gasteiger charge is -2.17. The van der Waals surface area contributed by atoms with Gasteiger partial charge in [0.1, 0.15) is 0 Å². The number of nitrogens with zero attached hydrogens (tertiary/aromatic N) is 2. The number of carbonyl (C=O) groups excluding carboxylic acids is 1. The molecule has 3 aromatic rings. The van der Waals surface area contributed by atoms with Crippen LogP contribution in [0.25, 0.3) is 10.9 Å². The van der Waals surface area contributed by atoms with E-state index in [1.54, 1.807) is 0 Å². The van der Waals surface area contributed by atoms with Crippen LogP contribution in [0.4, 0.5) is 5.82 Å². The van der Waals surface area contributed by atoms with Crippen molar-refractivity contribution in [1.82, 2.24) is 15.1 Å².